The standard InChI is InChI=1S/2C2H5.CH2I.2Zn/c3*1-2;;/h2*1H2,2H3;1H2;;/q3*-1;;+2. The van der Waals surface area contributed by atoms with Gasteiger partial charge in [0, 0.05) is 19.5 Å². The van der Waals surface area contributed by atoms with E-state index in [2.05, 4.69) is 18.8 Å². The molecule has 44 valence electrons. The monoisotopic (exact) mass is 327 g/mol. The van der Waals surface area contributed by atoms with Gasteiger partial charge in [0.05, 0.1) is 0 Å². The maximum absolute atomic E-state index is 3.25. The van der Waals surface area contributed by atoms with Crippen LogP contribution in [-0.4, -0.2) is 0 Å². The van der Waals surface area contributed by atoms with Crippen LogP contribution in [0.4, 0.5) is 0 Å². The third kappa shape index (κ3) is 99.4. The fourth-order valence-electron chi connectivity index (χ4n) is 0. The van der Waals surface area contributed by atoms with Crippen molar-refractivity contribution in [1.82, 2.24) is 0 Å². The van der Waals surface area contributed by atoms with Gasteiger partial charge in [-0.25, -0.2) is 0 Å². The van der Waals surface area contributed by atoms with Crippen LogP contribution in [0.3, 0.4) is 0 Å². The third-order valence-corrected chi connectivity index (χ3v) is 0. The molecule has 0 N–H and O–H groups in total. The van der Waals surface area contributed by atoms with Crippen LogP contribution in [0.5, 0.6) is 0 Å². The van der Waals surface area contributed by atoms with E-state index < -0.39 is 0 Å². The van der Waals surface area contributed by atoms with Crippen molar-refractivity contribution in [3.05, 3.63) is 18.8 Å². The van der Waals surface area contributed by atoms with Gasteiger partial charge in [-0.05, 0) is 0 Å². The molecule has 0 atom stereocenters. The molecule has 0 aromatic carbocycles. The van der Waals surface area contributed by atoms with Gasteiger partial charge in [0.25, 0.3) is 0 Å². The average Bonchev–Trinajstić information content (AvgIpc) is 1.81. The Morgan fingerprint density at radius 2 is 0.875 bits per heavy atom. The molecule has 0 bridgehead atoms. The van der Waals surface area contributed by atoms with E-state index in [0.29, 0.717) is 0 Å². The molecular weight excluding hydrogens is 318 g/mol. The summed E-state index contributed by atoms with van der Waals surface area (Å²) in [6.07, 6.45) is 0. The summed E-state index contributed by atoms with van der Waals surface area (Å²) >= 11 is 1.90. The first kappa shape index (κ1) is 32.5. The van der Waals surface area contributed by atoms with Gasteiger partial charge in [-0.2, -0.15) is 13.8 Å². The molecule has 0 heterocycles. The second-order valence-corrected chi connectivity index (χ2v) is 0. The molecule has 0 unspecified atom stereocenters. The fourth-order valence-corrected chi connectivity index (χ4v) is 0. The minimum Gasteiger partial charge on any atom is -0.346 e. The molecule has 3 heteroatoms. The van der Waals surface area contributed by atoms with Crippen LogP contribution < -0.4 is 0 Å². The maximum Gasteiger partial charge on any atom is 2.00 e. The van der Waals surface area contributed by atoms with Crippen LogP contribution in [0, 0.1) is 18.8 Å². The van der Waals surface area contributed by atoms with Gasteiger partial charge in [0.2, 0.25) is 0 Å². The SMILES string of the molecule is [CH2-]C.[CH2-]C.[CH2-]I.[Zn+2].[Zn]. The maximum atomic E-state index is 3.25. The molecule has 0 amide bonds. The number of hydrogen-bond acceptors (Lipinski definition) is 0. The largest absolute Gasteiger partial charge is 2.00 e. The molecule has 0 aromatic rings. The summed E-state index contributed by atoms with van der Waals surface area (Å²) in [6, 6.07) is 0. The van der Waals surface area contributed by atoms with Crippen molar-refractivity contribution < 1.29 is 39.0 Å². The molecular formula is C5H12IZn2-. The van der Waals surface area contributed by atoms with Crippen molar-refractivity contribution in [2.24, 2.45) is 0 Å². The zero-order valence-electron chi connectivity index (χ0n) is 5.91. The third-order valence-electron chi connectivity index (χ3n) is 0. The average molecular weight is 330 g/mol. The molecule has 0 aliphatic rings. The van der Waals surface area contributed by atoms with Crippen molar-refractivity contribution >= 4 is 22.6 Å². The smallest absolute Gasteiger partial charge is 0.346 e. The van der Waals surface area contributed by atoms with Crippen molar-refractivity contribution in [2.75, 3.05) is 0 Å². The molecule has 0 aliphatic carbocycles. The van der Waals surface area contributed by atoms with Crippen LogP contribution in [0.2, 0.25) is 0 Å². The van der Waals surface area contributed by atoms with Gasteiger partial charge in [-0.15, -0.1) is 0 Å². The first-order chi connectivity index (χ1) is 3.00. The molecule has 0 fully saturated rings. The summed E-state index contributed by atoms with van der Waals surface area (Å²) in [4.78, 5) is 3.22. The van der Waals surface area contributed by atoms with Crippen molar-refractivity contribution in [3.63, 3.8) is 0 Å². The zero-order valence-corrected chi connectivity index (χ0v) is 14.0. The van der Waals surface area contributed by atoms with Crippen LogP contribution in [0.1, 0.15) is 13.8 Å². The molecule has 0 aliphatic heterocycles. The summed E-state index contributed by atoms with van der Waals surface area (Å²) in [6.45, 7) is 10.0. The Bertz CT molecular complexity index is 10.4. The predicted molar refractivity (Wildman–Crippen MR) is 41.4 cm³/mol. The van der Waals surface area contributed by atoms with Crippen LogP contribution in [0.15, 0.2) is 0 Å². The minimum absolute atomic E-state index is 0. The fraction of sp³-hybridized carbons (Fsp3) is 0.400. The van der Waals surface area contributed by atoms with Crippen LogP contribution >= 0.6 is 22.6 Å². The molecule has 0 rings (SSSR count). The van der Waals surface area contributed by atoms with Gasteiger partial charge >= 0.3 is 19.5 Å². The molecule has 0 saturated carbocycles. The van der Waals surface area contributed by atoms with Crippen molar-refractivity contribution in [2.45, 2.75) is 13.8 Å². The van der Waals surface area contributed by atoms with Crippen LogP contribution in [-0.2, 0) is 39.0 Å². The summed E-state index contributed by atoms with van der Waals surface area (Å²) in [5.41, 5.74) is 0. The second kappa shape index (κ2) is 146. The first-order valence-electron chi connectivity index (χ1n) is 1.68. The quantitative estimate of drug-likeness (QED) is 0.364. The normalized spacial score (nSPS) is 2.25. The zero-order chi connectivity index (χ0) is 6.00. The van der Waals surface area contributed by atoms with Crippen LogP contribution in [0.25, 0.3) is 0 Å². The Balaban J connectivity index is -0.00000000500. The summed E-state index contributed by atoms with van der Waals surface area (Å²) in [7, 11) is 0. The summed E-state index contributed by atoms with van der Waals surface area (Å²) in [5.74, 6) is 0. The van der Waals surface area contributed by atoms with E-state index >= 15 is 0 Å². The summed E-state index contributed by atoms with van der Waals surface area (Å²) in [5, 5.41) is 0. The Morgan fingerprint density at radius 1 is 0.875 bits per heavy atom. The molecule has 0 radical (unpaired) electrons. The van der Waals surface area contributed by atoms with E-state index in [0.717, 1.165) is 0 Å². The Labute approximate surface area is 93.2 Å². The molecule has 0 nitrogen and oxygen atoms in total. The topological polar surface area (TPSA) is 0 Å². The Morgan fingerprint density at radius 3 is 0.875 bits per heavy atom. The summed E-state index contributed by atoms with van der Waals surface area (Å²) < 4.78 is 0. The van der Waals surface area contributed by atoms with E-state index in [-0.39, 0.29) is 39.0 Å². The number of rotatable bonds is 0. The van der Waals surface area contributed by atoms with Gasteiger partial charge in [-0.3, -0.25) is 4.93 Å². The molecule has 8 heavy (non-hydrogen) atoms. The molecule has 0 saturated heterocycles. The molecule has 0 spiro atoms. The first-order valence-corrected chi connectivity index (χ1v) is 3.21. The van der Waals surface area contributed by atoms with E-state index in [1.54, 1.807) is 13.8 Å². The number of halogens is 1. The molecule has 0 aromatic heterocycles. The second-order valence-electron chi connectivity index (χ2n) is 0. The van der Waals surface area contributed by atoms with E-state index in [4.69, 9.17) is 0 Å². The Kier molecular flexibility index (Phi) is 593. The van der Waals surface area contributed by atoms with E-state index in [1.807, 2.05) is 22.6 Å². The predicted octanol–water partition coefficient (Wildman–Crippen LogP) is 2.89. The van der Waals surface area contributed by atoms with Gasteiger partial charge in [0.1, 0.15) is 0 Å². The van der Waals surface area contributed by atoms with Crippen molar-refractivity contribution in [3.8, 4) is 0 Å². The van der Waals surface area contributed by atoms with Gasteiger partial charge in [-0.1, -0.05) is 0 Å². The Hall–Kier alpha value is 1.98. The van der Waals surface area contributed by atoms with E-state index in [1.165, 1.54) is 0 Å². The van der Waals surface area contributed by atoms with Gasteiger partial charge < -0.3 is 36.4 Å². The van der Waals surface area contributed by atoms with Gasteiger partial charge in [0.15, 0.2) is 0 Å². The van der Waals surface area contributed by atoms with E-state index in [9.17, 15) is 0 Å². The number of hydrogen-bond donors (Lipinski definition) is 0. The van der Waals surface area contributed by atoms with Crippen molar-refractivity contribution in [1.29, 1.82) is 0 Å². The minimum atomic E-state index is 0.